The molecule has 0 unspecified atom stereocenters. The predicted octanol–water partition coefficient (Wildman–Crippen LogP) is 8.85. The number of alkyl halides is 10. The van der Waals surface area contributed by atoms with Gasteiger partial charge in [0.2, 0.25) is 11.6 Å². The van der Waals surface area contributed by atoms with Gasteiger partial charge in [0.25, 0.3) is 11.8 Å². The van der Waals surface area contributed by atoms with Gasteiger partial charge in [0.05, 0.1) is 11.2 Å². The first-order valence-corrected chi connectivity index (χ1v) is 18.6. The molecule has 6 aromatic rings. The first-order chi connectivity index (χ1) is 29.6. The number of halogens is 13. The third kappa shape index (κ3) is 12.7. The molecule has 0 atom stereocenters. The molecule has 0 amide bonds. The summed E-state index contributed by atoms with van der Waals surface area (Å²) in [5.74, 6) is -5.01. The molecular formula is C37H36BBrF12N8O6. The molecule has 0 radical (unpaired) electrons. The highest BCUT2D eigenvalue weighted by molar-refractivity contribution is 9.10. The van der Waals surface area contributed by atoms with E-state index in [1.54, 1.807) is 12.1 Å². The Morgan fingerprint density at radius 2 is 1.08 bits per heavy atom. The Labute approximate surface area is 369 Å². The molecule has 7 heterocycles. The molecule has 28 heteroatoms. The quantitative estimate of drug-likeness (QED) is 0.0957. The summed E-state index contributed by atoms with van der Waals surface area (Å²) in [4.78, 5) is 7.07. The van der Waals surface area contributed by atoms with E-state index in [2.05, 4.69) is 65.2 Å². The van der Waals surface area contributed by atoms with Crippen molar-refractivity contribution in [3.8, 4) is 22.9 Å². The van der Waals surface area contributed by atoms with Crippen molar-refractivity contribution in [3.63, 3.8) is 0 Å². The summed E-state index contributed by atoms with van der Waals surface area (Å²) < 4.78 is 185. The van der Waals surface area contributed by atoms with Crippen LogP contribution in [0, 0.1) is 11.6 Å². The third-order valence-electron chi connectivity index (χ3n) is 9.04. The molecule has 354 valence electrons. The van der Waals surface area contributed by atoms with E-state index < -0.39 is 91.1 Å². The maximum atomic E-state index is 14.0. The summed E-state index contributed by atoms with van der Waals surface area (Å²) in [5.41, 5.74) is -0.165. The first kappa shape index (κ1) is 52.3. The number of fused-ring (bicyclic) bond motifs is 2. The van der Waals surface area contributed by atoms with Crippen LogP contribution in [-0.4, -0.2) is 97.3 Å². The van der Waals surface area contributed by atoms with Crippen molar-refractivity contribution in [1.29, 1.82) is 0 Å². The molecule has 0 N–H and O–H groups in total. The number of hydrogen-bond donors (Lipinski definition) is 0. The highest BCUT2D eigenvalue weighted by Crippen LogP contribution is 2.37. The van der Waals surface area contributed by atoms with Crippen molar-refractivity contribution in [1.82, 2.24) is 39.2 Å². The van der Waals surface area contributed by atoms with Crippen LogP contribution in [0.25, 0.3) is 22.4 Å². The fraction of sp³-hybridized carbons (Fsp3) is 0.405. The molecule has 7 rings (SSSR count). The zero-order chi connectivity index (χ0) is 47.6. The number of rotatable bonds is 10. The van der Waals surface area contributed by atoms with Gasteiger partial charge in [0.15, 0.2) is 36.1 Å². The summed E-state index contributed by atoms with van der Waals surface area (Å²) >= 11 is 3.18. The van der Waals surface area contributed by atoms with Crippen LogP contribution in [0.3, 0.4) is 0 Å². The normalized spacial score (nSPS) is 14.9. The lowest BCUT2D eigenvalue weighted by atomic mass is 9.80. The summed E-state index contributed by atoms with van der Waals surface area (Å²) in [7, 11) is 0.867. The zero-order valence-electron chi connectivity index (χ0n) is 33.7. The lowest BCUT2D eigenvalue weighted by Crippen LogP contribution is -2.41. The van der Waals surface area contributed by atoms with Crippen LogP contribution in [0.2, 0.25) is 0 Å². The number of hydrogen-bond acceptors (Lipinski definition) is 12. The molecule has 1 saturated heterocycles. The standard InChI is InChI=1S/C15H10F6N4O2.C13H16BF4NO3.C8H6BrF2N3O.CH4/c1-26-15(20,21)13-24-23-11-3-2-8(6-25(11)13)9-4-10(16)12(22-5-9)27-7-14(17,18)19;1-11(2)12(3,4)22-14(21-11)8-5-9(15)10(19-6-8)20-7-13(16,17)18;1-15-8(10,11)7-13-12-6-3-2-5(9)4-14(6)7;/h2-6H,7H2,1H3;5-6H,7H2,1-4H3;2-4H,1H3;1H4. The average Bonchev–Trinajstić information content (AvgIpc) is 3.89. The third-order valence-corrected chi connectivity index (χ3v) is 9.51. The minimum Gasteiger partial charge on any atom is -0.466 e. The van der Waals surface area contributed by atoms with E-state index in [1.807, 2.05) is 27.7 Å². The van der Waals surface area contributed by atoms with Crippen LogP contribution in [0.15, 0.2) is 65.7 Å². The second-order valence-electron chi connectivity index (χ2n) is 14.2. The number of aromatic nitrogens is 8. The Kier molecular flexibility index (Phi) is 15.8. The number of pyridine rings is 4. The van der Waals surface area contributed by atoms with Crippen LogP contribution < -0.4 is 14.9 Å². The maximum Gasteiger partial charge on any atom is 0.496 e. The van der Waals surface area contributed by atoms with Crippen LogP contribution in [0.5, 0.6) is 11.8 Å². The highest BCUT2D eigenvalue weighted by atomic mass is 79.9. The van der Waals surface area contributed by atoms with Crippen molar-refractivity contribution in [3.05, 3.63) is 88.9 Å². The van der Waals surface area contributed by atoms with Crippen molar-refractivity contribution in [2.24, 2.45) is 0 Å². The summed E-state index contributed by atoms with van der Waals surface area (Å²) in [6.07, 6.45) is -11.5. The van der Waals surface area contributed by atoms with Gasteiger partial charge >= 0.3 is 31.7 Å². The molecule has 0 aromatic carbocycles. The molecule has 0 aliphatic carbocycles. The van der Waals surface area contributed by atoms with Gasteiger partial charge in [-0.3, -0.25) is 8.80 Å². The molecule has 1 fully saturated rings. The van der Waals surface area contributed by atoms with Gasteiger partial charge in [0.1, 0.15) is 0 Å². The topological polar surface area (TPSA) is 142 Å². The van der Waals surface area contributed by atoms with Crippen LogP contribution in [-0.2, 0) is 31.0 Å². The molecule has 0 saturated carbocycles. The van der Waals surface area contributed by atoms with Gasteiger partial charge in [-0.25, -0.2) is 18.7 Å². The van der Waals surface area contributed by atoms with E-state index in [1.165, 1.54) is 35.1 Å². The number of ether oxygens (including phenoxy) is 4. The smallest absolute Gasteiger partial charge is 0.466 e. The zero-order valence-corrected chi connectivity index (χ0v) is 35.3. The number of methoxy groups -OCH3 is 2. The summed E-state index contributed by atoms with van der Waals surface area (Å²) in [6, 6.07) is 7.93. The Morgan fingerprint density at radius 1 is 0.631 bits per heavy atom. The van der Waals surface area contributed by atoms with E-state index >= 15 is 0 Å². The molecule has 0 bridgehead atoms. The molecular weight excluding hydrogens is 971 g/mol. The lowest BCUT2D eigenvalue weighted by molar-refractivity contribution is -0.238. The Morgan fingerprint density at radius 3 is 1.52 bits per heavy atom. The first-order valence-electron chi connectivity index (χ1n) is 17.8. The fourth-order valence-electron chi connectivity index (χ4n) is 5.15. The van der Waals surface area contributed by atoms with Crippen LogP contribution >= 0.6 is 15.9 Å². The van der Waals surface area contributed by atoms with Gasteiger partial charge in [0, 0.05) is 60.1 Å². The second kappa shape index (κ2) is 19.7. The van der Waals surface area contributed by atoms with Crippen molar-refractivity contribution >= 4 is 39.8 Å². The molecule has 1 aliphatic rings. The van der Waals surface area contributed by atoms with Gasteiger partial charge in [-0.2, -0.15) is 43.9 Å². The van der Waals surface area contributed by atoms with Crippen molar-refractivity contribution in [2.75, 3.05) is 27.4 Å². The highest BCUT2D eigenvalue weighted by Gasteiger charge is 2.52. The molecule has 14 nitrogen and oxygen atoms in total. The Balaban J connectivity index is 0.000000220. The number of nitrogens with zero attached hydrogens (tertiary/aromatic N) is 8. The van der Waals surface area contributed by atoms with Crippen LogP contribution in [0.1, 0.15) is 46.8 Å². The summed E-state index contributed by atoms with van der Waals surface area (Å²) in [6.45, 7) is 4.02. The molecule has 1 aliphatic heterocycles. The van der Waals surface area contributed by atoms with E-state index in [0.717, 1.165) is 36.9 Å². The van der Waals surface area contributed by atoms with Gasteiger partial charge < -0.3 is 28.3 Å². The van der Waals surface area contributed by atoms with Crippen molar-refractivity contribution in [2.45, 2.75) is 70.9 Å². The van der Waals surface area contributed by atoms with E-state index in [4.69, 9.17) is 9.31 Å². The Hall–Kier alpha value is -5.32. The largest absolute Gasteiger partial charge is 0.496 e. The van der Waals surface area contributed by atoms with E-state index in [0.29, 0.717) is 10.1 Å². The van der Waals surface area contributed by atoms with Gasteiger partial charge in [-0.05, 0) is 80.0 Å². The van der Waals surface area contributed by atoms with Crippen molar-refractivity contribution < 1.29 is 80.9 Å². The lowest BCUT2D eigenvalue weighted by Gasteiger charge is -2.32. The minimum atomic E-state index is -4.64. The van der Waals surface area contributed by atoms with Gasteiger partial charge in [-0.15, -0.1) is 20.4 Å². The summed E-state index contributed by atoms with van der Waals surface area (Å²) in [5, 5.41) is 14.0. The Bertz CT molecular complexity index is 2560. The van der Waals surface area contributed by atoms with E-state index in [9.17, 15) is 52.7 Å². The maximum absolute atomic E-state index is 14.0. The molecule has 65 heavy (non-hydrogen) atoms. The monoisotopic (exact) mass is 1010 g/mol. The minimum absolute atomic E-state index is 0. The van der Waals surface area contributed by atoms with Gasteiger partial charge in [-0.1, -0.05) is 7.43 Å². The predicted molar refractivity (Wildman–Crippen MR) is 208 cm³/mol. The van der Waals surface area contributed by atoms with E-state index in [-0.39, 0.29) is 29.7 Å². The molecule has 6 aromatic heterocycles. The average molecular weight is 1010 g/mol. The van der Waals surface area contributed by atoms with Crippen LogP contribution in [0.4, 0.5) is 52.7 Å². The fourth-order valence-corrected chi connectivity index (χ4v) is 5.49. The second-order valence-corrected chi connectivity index (χ2v) is 15.1. The SMILES string of the molecule is C.CC1(C)OB(c2cnc(OCC(F)(F)F)c(F)c2)OC1(C)C.COC(F)(F)c1nnc2ccc(-c3cnc(OCC(F)(F)F)c(F)c3)cn12.COC(F)(F)c1nnc2ccc(Br)cn12. The molecule has 0 spiro atoms.